The van der Waals surface area contributed by atoms with Gasteiger partial charge in [0.2, 0.25) is 0 Å². The summed E-state index contributed by atoms with van der Waals surface area (Å²) in [6.45, 7) is 8.95. The van der Waals surface area contributed by atoms with Crippen LogP contribution in [-0.4, -0.2) is 85.0 Å². The van der Waals surface area contributed by atoms with Gasteiger partial charge in [-0.3, -0.25) is 9.59 Å². The Morgan fingerprint density at radius 1 is 1.06 bits per heavy atom. The lowest BCUT2D eigenvalue weighted by atomic mass is 9.79. The number of likely N-dealkylation sites (tertiary alicyclic amines) is 1. The molecule has 0 radical (unpaired) electrons. The zero-order valence-corrected chi connectivity index (χ0v) is 28.0. The van der Waals surface area contributed by atoms with Crippen molar-refractivity contribution in [2.24, 2.45) is 11.3 Å². The van der Waals surface area contributed by atoms with Crippen molar-refractivity contribution in [3.63, 3.8) is 0 Å². The number of hydrogen-bond acceptors (Lipinski definition) is 6. The van der Waals surface area contributed by atoms with Crippen LogP contribution in [-0.2, 0) is 20.9 Å². The van der Waals surface area contributed by atoms with Gasteiger partial charge in [0.25, 0.3) is 5.91 Å². The van der Waals surface area contributed by atoms with Crippen LogP contribution in [0, 0.1) is 23.0 Å². The maximum absolute atomic E-state index is 15.7. The number of benzene rings is 2. The number of carbonyl (C=O) groups is 3. The number of aliphatic hydroxyl groups excluding tert-OH is 1. The first-order chi connectivity index (χ1) is 22.4. The molecule has 48 heavy (non-hydrogen) atoms. The van der Waals surface area contributed by atoms with Crippen LogP contribution in [0.4, 0.5) is 18.0 Å². The number of carboxylic acid groups (broad SMARTS) is 1. The molecule has 2 aromatic carbocycles. The first-order valence-electron chi connectivity index (χ1n) is 15.7. The van der Waals surface area contributed by atoms with Crippen LogP contribution in [0.3, 0.4) is 0 Å². The van der Waals surface area contributed by atoms with E-state index < -0.39 is 71.3 Å². The highest BCUT2D eigenvalue weighted by atomic mass is 19.1. The van der Waals surface area contributed by atoms with Crippen LogP contribution >= 0.6 is 0 Å². The second kappa shape index (κ2) is 14.4. The smallest absolute Gasteiger partial charge is 0.410 e. The highest BCUT2D eigenvalue weighted by Gasteiger charge is 2.46. The number of carbonyl (C=O) groups excluding carboxylic acids is 2. The fraction of sp³-hybridized carbons (Fsp3) is 0.486. The average molecular weight is 673 g/mol. The predicted molar refractivity (Wildman–Crippen MR) is 171 cm³/mol. The van der Waals surface area contributed by atoms with Gasteiger partial charge in [0.15, 0.2) is 0 Å². The molecule has 0 aliphatic carbocycles. The Morgan fingerprint density at radius 2 is 1.73 bits per heavy atom. The van der Waals surface area contributed by atoms with Gasteiger partial charge in [0.1, 0.15) is 35.3 Å². The van der Waals surface area contributed by atoms with E-state index >= 15 is 8.78 Å². The Balaban J connectivity index is 1.88. The quantitative estimate of drug-likeness (QED) is 0.263. The number of alkyl halides is 1. The molecule has 2 heterocycles. The number of imidazole rings is 1. The van der Waals surface area contributed by atoms with E-state index in [2.05, 4.69) is 0 Å². The highest BCUT2D eigenvalue weighted by molar-refractivity contribution is 5.81. The molecule has 4 rings (SSSR count). The molecule has 1 saturated heterocycles. The van der Waals surface area contributed by atoms with Crippen molar-refractivity contribution in [3.05, 3.63) is 77.8 Å². The Bertz CT molecular complexity index is 1620. The minimum Gasteiger partial charge on any atom is -0.481 e. The molecule has 0 spiro atoms. The van der Waals surface area contributed by atoms with Gasteiger partial charge in [0.05, 0.1) is 24.7 Å². The largest absolute Gasteiger partial charge is 0.481 e. The molecule has 10 nitrogen and oxygen atoms in total. The number of halogens is 3. The van der Waals surface area contributed by atoms with Crippen LogP contribution in [0.1, 0.15) is 65.4 Å². The van der Waals surface area contributed by atoms with Crippen LogP contribution in [0.15, 0.2) is 54.7 Å². The zero-order valence-electron chi connectivity index (χ0n) is 28.0. The Hall–Kier alpha value is -4.39. The van der Waals surface area contributed by atoms with Crippen molar-refractivity contribution >= 4 is 18.0 Å². The van der Waals surface area contributed by atoms with Crippen LogP contribution in [0.25, 0.3) is 11.3 Å². The van der Waals surface area contributed by atoms with Crippen molar-refractivity contribution in [3.8, 4) is 11.3 Å². The molecule has 2 N–H and O–H groups in total. The summed E-state index contributed by atoms with van der Waals surface area (Å²) >= 11 is 0. The third-order valence-corrected chi connectivity index (χ3v) is 8.20. The molecule has 1 aliphatic rings. The van der Waals surface area contributed by atoms with Gasteiger partial charge in [-0.25, -0.2) is 22.9 Å². The number of aliphatic carboxylic acids is 1. The molecule has 4 atom stereocenters. The summed E-state index contributed by atoms with van der Waals surface area (Å²) in [7, 11) is 0. The minimum atomic E-state index is -1.58. The Labute approximate surface area is 278 Å². The van der Waals surface area contributed by atoms with Gasteiger partial charge >= 0.3 is 12.1 Å². The number of ether oxygens (including phenoxy) is 1. The van der Waals surface area contributed by atoms with Gasteiger partial charge in [-0.2, -0.15) is 0 Å². The van der Waals surface area contributed by atoms with E-state index in [0.717, 1.165) is 23.8 Å². The van der Waals surface area contributed by atoms with E-state index in [0.29, 0.717) is 0 Å². The maximum atomic E-state index is 15.7. The molecule has 0 saturated carbocycles. The van der Waals surface area contributed by atoms with Gasteiger partial charge < -0.3 is 29.3 Å². The molecule has 1 aromatic heterocycles. The minimum absolute atomic E-state index is 0.0267. The summed E-state index contributed by atoms with van der Waals surface area (Å²) in [5.41, 5.74) is -1.46. The van der Waals surface area contributed by atoms with Gasteiger partial charge in [0, 0.05) is 42.7 Å². The molecule has 0 unspecified atom stereocenters. The van der Waals surface area contributed by atoms with Crippen molar-refractivity contribution in [1.82, 2.24) is 19.4 Å². The molecule has 0 bridgehead atoms. The monoisotopic (exact) mass is 672 g/mol. The SMILES string of the molecule is C[C@H](O)C(=O)N(C[C@@H]1CN(C(=O)OC(C)(C)C)C[C@@H]1F)[C@@H](c1nc(-c2cc(F)ccc2F)cn1Cc1ccccc1)C(C)(C)CC(=O)O. The fourth-order valence-electron chi connectivity index (χ4n) is 6.07. The lowest BCUT2D eigenvalue weighted by molar-refractivity contribution is -0.150. The van der Waals surface area contributed by atoms with Crippen LogP contribution in [0.2, 0.25) is 0 Å². The fourth-order valence-corrected chi connectivity index (χ4v) is 6.07. The number of nitrogens with zero attached hydrogens (tertiary/aromatic N) is 4. The van der Waals surface area contributed by atoms with Gasteiger partial charge in [-0.15, -0.1) is 0 Å². The number of carboxylic acids is 1. The summed E-state index contributed by atoms with van der Waals surface area (Å²) in [5, 5.41) is 20.5. The molecule has 2 amide bonds. The first kappa shape index (κ1) is 36.4. The normalized spacial score (nSPS) is 18.0. The van der Waals surface area contributed by atoms with Crippen molar-refractivity contribution in [2.75, 3.05) is 19.6 Å². The van der Waals surface area contributed by atoms with E-state index in [4.69, 9.17) is 9.72 Å². The number of aliphatic hydroxyl groups is 1. The van der Waals surface area contributed by atoms with Crippen molar-refractivity contribution < 1.29 is 42.5 Å². The summed E-state index contributed by atoms with van der Waals surface area (Å²) in [6.07, 6.45) is -2.86. The summed E-state index contributed by atoms with van der Waals surface area (Å²) < 4.78 is 52.1. The maximum Gasteiger partial charge on any atom is 0.410 e. The van der Waals surface area contributed by atoms with E-state index in [1.165, 1.54) is 22.9 Å². The Morgan fingerprint density at radius 3 is 2.33 bits per heavy atom. The standard InChI is InChI=1S/C35H43F3N4O6/c1-21(43)32(46)42(18-23-17-41(19-27(23)38)33(47)48-34(2,3)4)30(35(5,6)15-29(44)45)31-39-28(25-14-24(36)12-13-26(25)37)20-40(31)16-22-10-8-7-9-11-22/h7-14,20-21,23,27,30,43H,15-19H2,1-6H3,(H,44,45)/t21-,23-,27-,30-/m0/s1. The van der Waals surface area contributed by atoms with Gasteiger partial charge in [-0.05, 0) is 51.5 Å². The lowest BCUT2D eigenvalue weighted by Crippen LogP contribution is -2.50. The molecule has 1 fully saturated rings. The van der Waals surface area contributed by atoms with E-state index in [1.54, 1.807) is 39.2 Å². The van der Waals surface area contributed by atoms with Crippen LogP contribution < -0.4 is 0 Å². The van der Waals surface area contributed by atoms with Crippen molar-refractivity contribution in [1.29, 1.82) is 0 Å². The first-order valence-corrected chi connectivity index (χ1v) is 15.7. The highest BCUT2D eigenvalue weighted by Crippen LogP contribution is 2.43. The van der Waals surface area contributed by atoms with E-state index in [-0.39, 0.29) is 43.3 Å². The molecule has 260 valence electrons. The molecular weight excluding hydrogens is 629 g/mol. The average Bonchev–Trinajstić information content (AvgIpc) is 3.55. The second-order valence-electron chi connectivity index (χ2n) is 14.0. The topological polar surface area (TPSA) is 125 Å². The van der Waals surface area contributed by atoms with Crippen molar-refractivity contribution in [2.45, 2.75) is 78.4 Å². The summed E-state index contributed by atoms with van der Waals surface area (Å²) in [4.78, 5) is 46.0. The predicted octanol–water partition coefficient (Wildman–Crippen LogP) is 5.83. The van der Waals surface area contributed by atoms with E-state index in [9.17, 15) is 29.0 Å². The molecule has 3 aromatic rings. The lowest BCUT2D eigenvalue weighted by Gasteiger charge is -2.43. The summed E-state index contributed by atoms with van der Waals surface area (Å²) in [5.74, 6) is -4.28. The number of aromatic nitrogens is 2. The molecular formula is C35H43F3N4O6. The molecule has 13 heteroatoms. The molecule has 1 aliphatic heterocycles. The van der Waals surface area contributed by atoms with E-state index in [1.807, 2.05) is 30.3 Å². The number of rotatable bonds is 11. The third-order valence-electron chi connectivity index (χ3n) is 8.20. The second-order valence-corrected chi connectivity index (χ2v) is 14.0. The van der Waals surface area contributed by atoms with Crippen LogP contribution in [0.5, 0.6) is 0 Å². The zero-order chi connectivity index (χ0) is 35.6. The third kappa shape index (κ3) is 8.74. The Kier molecular flexibility index (Phi) is 10.9. The summed E-state index contributed by atoms with van der Waals surface area (Å²) in [6, 6.07) is 10.8. The number of amides is 2. The van der Waals surface area contributed by atoms with Gasteiger partial charge in [-0.1, -0.05) is 44.2 Å². The number of hydrogen-bond donors (Lipinski definition) is 2.